The number of hydrogen-bond acceptors (Lipinski definition) is 9. The Morgan fingerprint density at radius 1 is 0.942 bits per heavy atom. The molecule has 52 heavy (non-hydrogen) atoms. The number of amides is 4. The van der Waals surface area contributed by atoms with Crippen LogP contribution in [0.2, 0.25) is 0 Å². The first kappa shape index (κ1) is 44.0. The molecule has 0 bridgehead atoms. The Morgan fingerprint density at radius 3 is 2.12 bits per heavy atom. The minimum atomic E-state index is -1.10. The number of benzene rings is 1. The van der Waals surface area contributed by atoms with E-state index in [0.717, 1.165) is 0 Å². The van der Waals surface area contributed by atoms with Gasteiger partial charge in [-0.05, 0) is 44.1 Å². The molecule has 290 valence electrons. The van der Waals surface area contributed by atoms with Crippen molar-refractivity contribution in [1.82, 2.24) is 15.5 Å². The van der Waals surface area contributed by atoms with Gasteiger partial charge < -0.3 is 30.7 Å². The van der Waals surface area contributed by atoms with Crippen LogP contribution in [0, 0.1) is 17.3 Å². The molecule has 1 saturated heterocycles. The molecule has 0 saturated carbocycles. The van der Waals surface area contributed by atoms with Crippen LogP contribution < -0.4 is 16.4 Å². The van der Waals surface area contributed by atoms with Crippen molar-refractivity contribution < 1.29 is 43.0 Å². The van der Waals surface area contributed by atoms with Crippen LogP contribution >= 0.6 is 0 Å². The number of hydrogen-bond donors (Lipinski definition) is 3. The number of Topliss-reactive ketones (excluding diaryl/α,β-unsaturated/α-hetero) is 3. The Labute approximate surface area is 308 Å². The number of nitrogens with one attached hydrogen (secondary N) is 2. The van der Waals surface area contributed by atoms with Crippen LogP contribution in [0.5, 0.6) is 0 Å². The fraction of sp³-hybridized carbons (Fsp3) is 0.667. The second-order valence-electron chi connectivity index (χ2n) is 16.1. The third-order valence-electron chi connectivity index (χ3n) is 8.66. The van der Waals surface area contributed by atoms with Crippen LogP contribution in [0.3, 0.4) is 0 Å². The SMILES string of the molecule is CCCCC(CC(=O)[C@@H]1C[C@@H](OC(C)(C)C)CN1C(=O)[C@@H](NC(=O)OCC(C)C)C(C)(C)C)C(=O)C(=O)CCC(=O)N[C@H](C(N)=O)c1ccccc1. The molecule has 13 nitrogen and oxygen atoms in total. The van der Waals surface area contributed by atoms with Gasteiger partial charge in [-0.2, -0.15) is 0 Å². The summed E-state index contributed by atoms with van der Waals surface area (Å²) in [6, 6.07) is 5.32. The third-order valence-corrected chi connectivity index (χ3v) is 8.66. The second kappa shape index (κ2) is 19.6. The Hall–Kier alpha value is -4.13. The van der Waals surface area contributed by atoms with Gasteiger partial charge in [0.15, 0.2) is 11.6 Å². The van der Waals surface area contributed by atoms with E-state index in [-0.39, 0.29) is 44.8 Å². The van der Waals surface area contributed by atoms with Gasteiger partial charge in [0.25, 0.3) is 0 Å². The predicted octanol–water partition coefficient (Wildman–Crippen LogP) is 4.59. The molecule has 1 fully saturated rings. The highest BCUT2D eigenvalue weighted by Gasteiger charge is 2.46. The van der Waals surface area contributed by atoms with Crippen molar-refractivity contribution in [2.45, 2.75) is 137 Å². The summed E-state index contributed by atoms with van der Waals surface area (Å²) in [6.45, 7) is 17.0. The van der Waals surface area contributed by atoms with E-state index in [1.807, 2.05) is 41.5 Å². The normalized spacial score (nSPS) is 17.9. The molecule has 4 amide bonds. The van der Waals surface area contributed by atoms with Crippen LogP contribution in [-0.4, -0.2) is 83.0 Å². The van der Waals surface area contributed by atoms with Crippen LogP contribution in [0.1, 0.15) is 119 Å². The number of ketones is 3. The minimum Gasteiger partial charge on any atom is -0.449 e. The van der Waals surface area contributed by atoms with E-state index in [2.05, 4.69) is 10.6 Å². The number of alkyl carbamates (subject to hydrolysis) is 1. The average molecular weight is 729 g/mol. The van der Waals surface area contributed by atoms with E-state index >= 15 is 0 Å². The number of rotatable bonds is 19. The monoisotopic (exact) mass is 728 g/mol. The van der Waals surface area contributed by atoms with Crippen LogP contribution in [0.4, 0.5) is 4.79 Å². The fourth-order valence-electron chi connectivity index (χ4n) is 6.08. The summed E-state index contributed by atoms with van der Waals surface area (Å²) < 4.78 is 11.5. The molecule has 1 aliphatic heterocycles. The zero-order valence-electron chi connectivity index (χ0n) is 32.4. The summed E-state index contributed by atoms with van der Waals surface area (Å²) in [7, 11) is 0. The van der Waals surface area contributed by atoms with Crippen LogP contribution in [-0.2, 0) is 38.2 Å². The maximum absolute atomic E-state index is 14.2. The maximum Gasteiger partial charge on any atom is 0.407 e. The number of carbonyl (C=O) groups excluding carboxylic acids is 7. The van der Waals surface area contributed by atoms with Crippen molar-refractivity contribution in [3.05, 3.63) is 35.9 Å². The predicted molar refractivity (Wildman–Crippen MR) is 196 cm³/mol. The Kier molecular flexibility index (Phi) is 16.6. The Bertz CT molecular complexity index is 1410. The van der Waals surface area contributed by atoms with Crippen molar-refractivity contribution in [3.8, 4) is 0 Å². The van der Waals surface area contributed by atoms with Crippen molar-refractivity contribution >= 4 is 41.2 Å². The maximum atomic E-state index is 14.2. The molecule has 13 heteroatoms. The largest absolute Gasteiger partial charge is 0.449 e. The topological polar surface area (TPSA) is 191 Å². The zero-order chi connectivity index (χ0) is 39.4. The van der Waals surface area contributed by atoms with Gasteiger partial charge in [-0.25, -0.2) is 4.79 Å². The summed E-state index contributed by atoms with van der Waals surface area (Å²) >= 11 is 0. The molecular weight excluding hydrogens is 668 g/mol. The van der Waals surface area contributed by atoms with E-state index in [9.17, 15) is 33.6 Å². The first-order chi connectivity index (χ1) is 24.1. The average Bonchev–Trinajstić information content (AvgIpc) is 3.47. The lowest BCUT2D eigenvalue weighted by Gasteiger charge is -2.35. The molecule has 1 heterocycles. The van der Waals surface area contributed by atoms with Crippen molar-refractivity contribution in [1.29, 1.82) is 0 Å². The minimum absolute atomic E-state index is 0.0895. The van der Waals surface area contributed by atoms with Gasteiger partial charge in [0.1, 0.15) is 12.1 Å². The first-order valence-electron chi connectivity index (χ1n) is 18.3. The number of likely N-dealkylation sites (tertiary alicyclic amines) is 1. The lowest BCUT2D eigenvalue weighted by molar-refractivity contribution is -0.143. The molecule has 1 aromatic carbocycles. The Morgan fingerprint density at radius 2 is 1.58 bits per heavy atom. The lowest BCUT2D eigenvalue weighted by Crippen LogP contribution is -2.57. The van der Waals surface area contributed by atoms with Gasteiger partial charge in [0, 0.05) is 38.1 Å². The van der Waals surface area contributed by atoms with Gasteiger partial charge in [-0.1, -0.05) is 84.7 Å². The molecule has 0 spiro atoms. The molecule has 0 aliphatic carbocycles. The van der Waals surface area contributed by atoms with Crippen molar-refractivity contribution in [3.63, 3.8) is 0 Å². The number of ether oxygens (including phenoxy) is 2. The Balaban J connectivity index is 2.25. The van der Waals surface area contributed by atoms with Gasteiger partial charge in [0.05, 0.1) is 24.4 Å². The molecule has 4 N–H and O–H groups in total. The first-order valence-corrected chi connectivity index (χ1v) is 18.3. The lowest BCUT2D eigenvalue weighted by atomic mass is 9.85. The summed E-state index contributed by atoms with van der Waals surface area (Å²) in [5, 5.41) is 5.23. The molecule has 1 aliphatic rings. The highest BCUT2D eigenvalue weighted by Crippen LogP contribution is 2.31. The molecule has 2 rings (SSSR count). The van der Waals surface area contributed by atoms with E-state index in [1.165, 1.54) is 4.90 Å². The number of nitrogens with zero attached hydrogens (tertiary/aromatic N) is 1. The van der Waals surface area contributed by atoms with Gasteiger partial charge in [-0.3, -0.25) is 28.8 Å². The highest BCUT2D eigenvalue weighted by atomic mass is 16.5. The standard InChI is InChI=1S/C39H60N4O9/c1-10-11-15-26(33(47)29(44)18-19-31(46)41-32(35(40)48)25-16-13-12-14-17-25)20-30(45)28-21-27(52-39(7,8)9)22-43(28)36(49)34(38(4,5)6)42-37(50)51-23-24(2)3/h12-14,16-17,24,26-28,32,34H,10-11,15,18-23H2,1-9H3,(H2,40,48)(H,41,46)(H,42,50)/t26?,27-,28+,32+,34-/m1/s1. The third kappa shape index (κ3) is 14.1. The number of nitrogens with two attached hydrogens (primary N) is 1. The second-order valence-corrected chi connectivity index (χ2v) is 16.1. The number of carbonyl (C=O) groups is 7. The van der Waals surface area contributed by atoms with E-state index < -0.39 is 88.7 Å². The van der Waals surface area contributed by atoms with Crippen LogP contribution in [0.25, 0.3) is 0 Å². The quantitative estimate of drug-likeness (QED) is 0.171. The van der Waals surface area contributed by atoms with Gasteiger partial charge in [-0.15, -0.1) is 0 Å². The van der Waals surface area contributed by atoms with Gasteiger partial charge >= 0.3 is 6.09 Å². The van der Waals surface area contributed by atoms with E-state index in [1.54, 1.807) is 51.1 Å². The fourth-order valence-corrected chi connectivity index (χ4v) is 6.08. The van der Waals surface area contributed by atoms with Crippen LogP contribution in [0.15, 0.2) is 30.3 Å². The molecule has 1 aromatic rings. The molecule has 0 radical (unpaired) electrons. The number of primary amides is 1. The molecule has 5 atom stereocenters. The summed E-state index contributed by atoms with van der Waals surface area (Å²) in [5.74, 6) is -4.69. The molecule has 1 unspecified atom stereocenters. The molecule has 0 aromatic heterocycles. The molecular formula is C39H60N4O9. The van der Waals surface area contributed by atoms with Crippen molar-refractivity contribution in [2.75, 3.05) is 13.2 Å². The highest BCUT2D eigenvalue weighted by molar-refractivity contribution is 6.38. The summed E-state index contributed by atoms with van der Waals surface area (Å²) in [4.78, 5) is 93.9. The van der Waals surface area contributed by atoms with Gasteiger partial charge in [0.2, 0.25) is 23.5 Å². The summed E-state index contributed by atoms with van der Waals surface area (Å²) in [6.07, 6.45) is -0.540. The van der Waals surface area contributed by atoms with Crippen molar-refractivity contribution in [2.24, 2.45) is 23.0 Å². The smallest absolute Gasteiger partial charge is 0.407 e. The summed E-state index contributed by atoms with van der Waals surface area (Å²) in [5.41, 5.74) is 4.65. The van der Waals surface area contributed by atoms with E-state index in [4.69, 9.17) is 15.2 Å². The number of unbranched alkanes of at least 4 members (excludes halogenated alkanes) is 1. The van der Waals surface area contributed by atoms with E-state index in [0.29, 0.717) is 18.4 Å². The zero-order valence-corrected chi connectivity index (χ0v) is 32.4.